The summed E-state index contributed by atoms with van der Waals surface area (Å²) >= 11 is 12.1. The van der Waals surface area contributed by atoms with Crippen molar-refractivity contribution in [2.75, 3.05) is 23.3 Å². The van der Waals surface area contributed by atoms with E-state index < -0.39 is 5.82 Å². The number of aromatic nitrogens is 1. The Bertz CT molecular complexity index is 1060. The maximum Gasteiger partial charge on any atom is 0.225 e. The van der Waals surface area contributed by atoms with Gasteiger partial charge in [0.05, 0.1) is 16.9 Å². The summed E-state index contributed by atoms with van der Waals surface area (Å²) in [4.78, 5) is 18.8. The van der Waals surface area contributed by atoms with Crippen molar-refractivity contribution in [1.82, 2.24) is 4.98 Å². The summed E-state index contributed by atoms with van der Waals surface area (Å²) < 4.78 is 20.1. The van der Waals surface area contributed by atoms with E-state index in [1.54, 1.807) is 30.5 Å². The molecule has 1 aliphatic rings. The normalized spacial score (nSPS) is 13.6. The molecule has 4 rings (SSSR count). The van der Waals surface area contributed by atoms with Crippen molar-refractivity contribution in [3.05, 3.63) is 64.3 Å². The smallest absolute Gasteiger partial charge is 0.225 e. The highest BCUT2D eigenvalue weighted by atomic mass is 35.5. The first-order chi connectivity index (χ1) is 14.5. The Morgan fingerprint density at radius 3 is 2.77 bits per heavy atom. The van der Waals surface area contributed by atoms with Gasteiger partial charge in [-0.3, -0.25) is 4.79 Å². The molecule has 1 aromatic heterocycles. The molecule has 156 valence electrons. The predicted octanol–water partition coefficient (Wildman–Crippen LogP) is 5.96. The number of para-hydroxylation sites is 1. The number of anilines is 2. The molecule has 1 saturated heterocycles. The summed E-state index contributed by atoms with van der Waals surface area (Å²) in [5.74, 6) is 0.158. The van der Waals surface area contributed by atoms with Crippen LogP contribution in [0.2, 0.25) is 10.0 Å². The molecule has 1 aliphatic heterocycles. The summed E-state index contributed by atoms with van der Waals surface area (Å²) in [7, 11) is 0. The van der Waals surface area contributed by atoms with E-state index in [2.05, 4.69) is 15.2 Å². The lowest BCUT2D eigenvalue weighted by Gasteiger charge is -2.21. The number of halogens is 3. The fourth-order valence-corrected chi connectivity index (χ4v) is 4.02. The Balaban J connectivity index is 1.41. The van der Waals surface area contributed by atoms with Gasteiger partial charge in [0.15, 0.2) is 11.7 Å². The minimum Gasteiger partial charge on any atom is -0.441 e. The van der Waals surface area contributed by atoms with Gasteiger partial charge in [0.1, 0.15) is 11.5 Å². The molecule has 0 saturated carbocycles. The van der Waals surface area contributed by atoms with Crippen LogP contribution in [0.3, 0.4) is 0 Å². The number of nitrogens with zero attached hydrogens (tertiary/aromatic N) is 2. The zero-order chi connectivity index (χ0) is 21.1. The van der Waals surface area contributed by atoms with Crippen LogP contribution < -0.4 is 10.2 Å². The van der Waals surface area contributed by atoms with Crippen LogP contribution in [-0.4, -0.2) is 24.0 Å². The number of rotatable bonds is 6. The second kappa shape index (κ2) is 9.06. The van der Waals surface area contributed by atoms with E-state index in [9.17, 15) is 9.18 Å². The predicted molar refractivity (Wildman–Crippen MR) is 117 cm³/mol. The van der Waals surface area contributed by atoms with Crippen molar-refractivity contribution in [3.63, 3.8) is 0 Å². The quantitative estimate of drug-likeness (QED) is 0.506. The van der Waals surface area contributed by atoms with Gasteiger partial charge >= 0.3 is 0 Å². The van der Waals surface area contributed by atoms with E-state index in [0.29, 0.717) is 27.3 Å². The number of oxazole rings is 1. The molecule has 5 nitrogen and oxygen atoms in total. The van der Waals surface area contributed by atoms with E-state index in [4.69, 9.17) is 27.6 Å². The van der Waals surface area contributed by atoms with Gasteiger partial charge in [0.2, 0.25) is 5.91 Å². The van der Waals surface area contributed by atoms with Crippen molar-refractivity contribution >= 4 is 40.5 Å². The molecular weight excluding hydrogens is 428 g/mol. The van der Waals surface area contributed by atoms with Crippen LogP contribution >= 0.6 is 23.2 Å². The second-order valence-electron chi connectivity index (χ2n) is 7.12. The standard InChI is InChI=1S/C22H20Cl2FN3O2/c23-14-6-7-15(16(24)12-14)19-13-26-21(30-19)9-8-20(29)27-22-17(25)4-3-5-18(22)28-10-1-2-11-28/h3-7,12-13H,1-2,8-11H2,(H,27,29). The van der Waals surface area contributed by atoms with Gasteiger partial charge in [0.25, 0.3) is 0 Å². The molecular formula is C22H20Cl2FN3O2. The Morgan fingerprint density at radius 2 is 2.00 bits per heavy atom. The molecule has 8 heteroatoms. The van der Waals surface area contributed by atoms with E-state index in [-0.39, 0.29) is 24.4 Å². The average molecular weight is 448 g/mol. The molecule has 30 heavy (non-hydrogen) atoms. The minimum atomic E-state index is -0.441. The van der Waals surface area contributed by atoms with Crippen molar-refractivity contribution < 1.29 is 13.6 Å². The van der Waals surface area contributed by atoms with E-state index in [0.717, 1.165) is 31.6 Å². The maximum atomic E-state index is 14.4. The monoisotopic (exact) mass is 447 g/mol. The van der Waals surface area contributed by atoms with Gasteiger partial charge in [0, 0.05) is 36.5 Å². The largest absolute Gasteiger partial charge is 0.441 e. The fraction of sp³-hybridized carbons (Fsp3) is 0.273. The van der Waals surface area contributed by atoms with Gasteiger partial charge in [-0.2, -0.15) is 0 Å². The van der Waals surface area contributed by atoms with Crippen molar-refractivity contribution in [1.29, 1.82) is 0 Å². The van der Waals surface area contributed by atoms with Crippen LogP contribution in [0.25, 0.3) is 11.3 Å². The average Bonchev–Trinajstić information content (AvgIpc) is 3.40. The van der Waals surface area contributed by atoms with Crippen LogP contribution in [0.4, 0.5) is 15.8 Å². The molecule has 2 heterocycles. The SMILES string of the molecule is O=C(CCc1ncc(-c2ccc(Cl)cc2Cl)o1)Nc1c(F)cccc1N1CCCC1. The molecule has 0 spiro atoms. The van der Waals surface area contributed by atoms with Crippen LogP contribution in [0.5, 0.6) is 0 Å². The number of hydrogen-bond donors (Lipinski definition) is 1. The highest BCUT2D eigenvalue weighted by Gasteiger charge is 2.20. The summed E-state index contributed by atoms with van der Waals surface area (Å²) in [5, 5.41) is 3.70. The summed E-state index contributed by atoms with van der Waals surface area (Å²) in [5.41, 5.74) is 1.62. The zero-order valence-corrected chi connectivity index (χ0v) is 17.6. The molecule has 1 N–H and O–H groups in total. The van der Waals surface area contributed by atoms with Crippen molar-refractivity contribution in [3.8, 4) is 11.3 Å². The Hall–Kier alpha value is -2.57. The first kappa shape index (κ1) is 20.7. The zero-order valence-electron chi connectivity index (χ0n) is 16.1. The lowest BCUT2D eigenvalue weighted by molar-refractivity contribution is -0.116. The molecule has 0 atom stereocenters. The molecule has 1 fully saturated rings. The Kier molecular flexibility index (Phi) is 6.25. The van der Waals surface area contributed by atoms with Crippen LogP contribution in [0.15, 0.2) is 47.0 Å². The third kappa shape index (κ3) is 4.60. The molecule has 1 amide bonds. The maximum absolute atomic E-state index is 14.4. The number of aryl methyl sites for hydroxylation is 1. The second-order valence-corrected chi connectivity index (χ2v) is 7.96. The Morgan fingerprint density at radius 1 is 1.20 bits per heavy atom. The third-order valence-electron chi connectivity index (χ3n) is 5.02. The van der Waals surface area contributed by atoms with E-state index >= 15 is 0 Å². The van der Waals surface area contributed by atoms with Crippen molar-refractivity contribution in [2.24, 2.45) is 0 Å². The number of carbonyl (C=O) groups is 1. The first-order valence-corrected chi connectivity index (χ1v) is 10.5. The number of hydrogen-bond acceptors (Lipinski definition) is 4. The van der Waals surface area contributed by atoms with Crippen molar-refractivity contribution in [2.45, 2.75) is 25.7 Å². The molecule has 0 radical (unpaired) electrons. The first-order valence-electron chi connectivity index (χ1n) is 9.75. The number of benzene rings is 2. The van der Waals surface area contributed by atoms with Gasteiger partial charge in [-0.05, 0) is 43.2 Å². The topological polar surface area (TPSA) is 58.4 Å². The fourth-order valence-electron chi connectivity index (χ4n) is 3.52. The van der Waals surface area contributed by atoms with Gasteiger partial charge in [-0.15, -0.1) is 0 Å². The van der Waals surface area contributed by atoms with Crippen LogP contribution in [0.1, 0.15) is 25.2 Å². The van der Waals surface area contributed by atoms with Crippen LogP contribution in [-0.2, 0) is 11.2 Å². The van der Waals surface area contributed by atoms with Crippen LogP contribution in [0, 0.1) is 5.82 Å². The third-order valence-corrected chi connectivity index (χ3v) is 5.57. The van der Waals surface area contributed by atoms with Gasteiger partial charge in [-0.25, -0.2) is 9.37 Å². The number of amides is 1. The molecule has 0 bridgehead atoms. The summed E-state index contributed by atoms with van der Waals surface area (Å²) in [6.07, 6.45) is 4.08. The lowest BCUT2D eigenvalue weighted by atomic mass is 10.2. The van der Waals surface area contributed by atoms with Gasteiger partial charge < -0.3 is 14.6 Å². The summed E-state index contributed by atoms with van der Waals surface area (Å²) in [6, 6.07) is 9.94. The van der Waals surface area contributed by atoms with E-state index in [1.807, 2.05) is 6.07 Å². The minimum absolute atomic E-state index is 0.113. The van der Waals surface area contributed by atoms with Gasteiger partial charge in [-0.1, -0.05) is 29.3 Å². The molecule has 2 aromatic carbocycles. The summed E-state index contributed by atoms with van der Waals surface area (Å²) in [6.45, 7) is 1.72. The highest BCUT2D eigenvalue weighted by molar-refractivity contribution is 6.36. The molecule has 0 aliphatic carbocycles. The highest BCUT2D eigenvalue weighted by Crippen LogP contribution is 2.32. The number of nitrogens with one attached hydrogen (secondary N) is 1. The Labute approximate surface area is 183 Å². The molecule has 0 unspecified atom stereocenters. The van der Waals surface area contributed by atoms with E-state index in [1.165, 1.54) is 6.07 Å². The lowest BCUT2D eigenvalue weighted by Crippen LogP contribution is -2.22. The molecule has 3 aromatic rings. The number of carbonyl (C=O) groups excluding carboxylic acids is 1.